The molecule has 0 unspecified atom stereocenters. The van der Waals surface area contributed by atoms with Crippen molar-refractivity contribution in [3.63, 3.8) is 0 Å². The Hall–Kier alpha value is -2.12. The smallest absolute Gasteiger partial charge is 0.358 e. The minimum absolute atomic E-state index is 0.185. The molecule has 1 heterocycles. The molecule has 0 spiro atoms. The third-order valence-corrected chi connectivity index (χ3v) is 2.98. The summed E-state index contributed by atoms with van der Waals surface area (Å²) in [6, 6.07) is 6.02. The Labute approximate surface area is 123 Å². The molecule has 0 saturated carbocycles. The molecule has 1 aromatic carbocycles. The van der Waals surface area contributed by atoms with Gasteiger partial charge in [0.25, 0.3) is 0 Å². The Morgan fingerprint density at radius 1 is 1.35 bits per heavy atom. The Balaban J connectivity index is 2.07. The van der Waals surface area contributed by atoms with Crippen LogP contribution in [0.4, 0.5) is 11.5 Å². The molecule has 7 nitrogen and oxygen atoms in total. The molecule has 1 N–H and O–H groups in total. The zero-order valence-electron chi connectivity index (χ0n) is 9.92. The maximum atomic E-state index is 11.8. The van der Waals surface area contributed by atoms with Crippen molar-refractivity contribution >= 4 is 40.6 Å². The second kappa shape index (κ2) is 5.89. The van der Waals surface area contributed by atoms with Gasteiger partial charge in [-0.2, -0.15) is 4.68 Å². The molecule has 1 aromatic heterocycles. The highest BCUT2D eigenvalue weighted by Crippen LogP contribution is 2.29. The third-order valence-electron chi connectivity index (χ3n) is 2.35. The van der Waals surface area contributed by atoms with Crippen molar-refractivity contribution < 1.29 is 9.72 Å². The van der Waals surface area contributed by atoms with Gasteiger partial charge in [-0.25, -0.2) is 0 Å². The zero-order valence-corrected chi connectivity index (χ0v) is 11.4. The van der Waals surface area contributed by atoms with E-state index in [1.807, 2.05) is 0 Å². The number of carbonyl (C=O) groups is 1. The lowest BCUT2D eigenvalue weighted by Crippen LogP contribution is -2.19. The fourth-order valence-electron chi connectivity index (χ4n) is 1.48. The first-order valence-corrected chi connectivity index (χ1v) is 6.14. The van der Waals surface area contributed by atoms with Crippen molar-refractivity contribution in [1.29, 1.82) is 0 Å². The second-order valence-electron chi connectivity index (χ2n) is 3.77. The summed E-state index contributed by atoms with van der Waals surface area (Å²) in [5.74, 6) is -0.772. The number of anilines is 1. The summed E-state index contributed by atoms with van der Waals surface area (Å²) < 4.78 is 1.15. The molecule has 1 amide bonds. The zero-order chi connectivity index (χ0) is 14.7. The van der Waals surface area contributed by atoms with Crippen LogP contribution in [0.1, 0.15) is 0 Å². The minimum atomic E-state index is -0.640. The molecule has 20 heavy (non-hydrogen) atoms. The van der Waals surface area contributed by atoms with E-state index in [-0.39, 0.29) is 12.4 Å². The first-order valence-electron chi connectivity index (χ1n) is 5.39. The Morgan fingerprint density at radius 3 is 2.55 bits per heavy atom. The Morgan fingerprint density at radius 2 is 2.00 bits per heavy atom. The van der Waals surface area contributed by atoms with Crippen LogP contribution < -0.4 is 5.32 Å². The van der Waals surface area contributed by atoms with Crippen LogP contribution in [0, 0.1) is 10.1 Å². The van der Waals surface area contributed by atoms with E-state index < -0.39 is 10.8 Å². The van der Waals surface area contributed by atoms with Gasteiger partial charge in [0.2, 0.25) is 5.91 Å². The molecular formula is C11H8Cl2N4O3. The molecule has 2 rings (SSSR count). The van der Waals surface area contributed by atoms with Gasteiger partial charge in [0.15, 0.2) is 0 Å². The third kappa shape index (κ3) is 3.25. The second-order valence-corrected chi connectivity index (χ2v) is 4.59. The predicted molar refractivity (Wildman–Crippen MR) is 74.0 cm³/mol. The number of nitrogens with one attached hydrogen (secondary N) is 1. The molecule has 0 atom stereocenters. The van der Waals surface area contributed by atoms with Gasteiger partial charge in [0, 0.05) is 0 Å². The van der Waals surface area contributed by atoms with E-state index in [0.717, 1.165) is 4.68 Å². The van der Waals surface area contributed by atoms with Crippen LogP contribution in [0.2, 0.25) is 10.0 Å². The van der Waals surface area contributed by atoms with Crippen molar-refractivity contribution in [2.75, 3.05) is 5.32 Å². The number of nitrogens with zero attached hydrogens (tertiary/aromatic N) is 3. The summed E-state index contributed by atoms with van der Waals surface area (Å²) in [5, 5.41) is 17.2. The van der Waals surface area contributed by atoms with E-state index >= 15 is 0 Å². The van der Waals surface area contributed by atoms with Crippen LogP contribution in [-0.2, 0) is 11.3 Å². The minimum Gasteiger partial charge on any atom is -0.358 e. The van der Waals surface area contributed by atoms with Crippen molar-refractivity contribution in [2.24, 2.45) is 0 Å². The molecule has 0 aliphatic rings. The first kappa shape index (κ1) is 14.3. The summed E-state index contributed by atoms with van der Waals surface area (Å²) in [4.78, 5) is 21.6. The van der Waals surface area contributed by atoms with Crippen LogP contribution in [0.15, 0.2) is 30.5 Å². The van der Waals surface area contributed by atoms with Gasteiger partial charge < -0.3 is 15.4 Å². The van der Waals surface area contributed by atoms with Crippen LogP contribution in [0.5, 0.6) is 0 Å². The number of hydrogen-bond acceptors (Lipinski definition) is 4. The van der Waals surface area contributed by atoms with Crippen LogP contribution in [0.25, 0.3) is 0 Å². The Kier molecular flexibility index (Phi) is 4.21. The van der Waals surface area contributed by atoms with E-state index in [0.29, 0.717) is 15.7 Å². The molecule has 0 fully saturated rings. The van der Waals surface area contributed by atoms with E-state index in [4.69, 9.17) is 23.2 Å². The standard InChI is InChI=1S/C11H8Cl2N4O3/c12-7-2-1-3-8(13)11(7)14-10(18)6-16-5-4-9(15-16)17(19)20/h1-5H,6H2,(H,14,18). The topological polar surface area (TPSA) is 90.1 Å². The van der Waals surface area contributed by atoms with E-state index in [1.54, 1.807) is 18.2 Å². The summed E-state index contributed by atoms with van der Waals surface area (Å²) >= 11 is 11.8. The van der Waals surface area contributed by atoms with E-state index in [2.05, 4.69) is 10.4 Å². The van der Waals surface area contributed by atoms with Gasteiger partial charge in [-0.3, -0.25) is 4.79 Å². The van der Waals surface area contributed by atoms with Crippen molar-refractivity contribution in [3.05, 3.63) is 50.6 Å². The summed E-state index contributed by atoms with van der Waals surface area (Å²) in [5.41, 5.74) is 0.294. The maximum Gasteiger partial charge on any atom is 0.389 e. The summed E-state index contributed by atoms with van der Waals surface area (Å²) in [6.45, 7) is -0.185. The van der Waals surface area contributed by atoms with Crippen molar-refractivity contribution in [3.8, 4) is 0 Å². The first-order chi connectivity index (χ1) is 9.47. The lowest BCUT2D eigenvalue weighted by atomic mass is 10.3. The van der Waals surface area contributed by atoms with Gasteiger partial charge in [0.1, 0.15) is 6.54 Å². The number of carbonyl (C=O) groups excluding carboxylic acids is 1. The van der Waals surface area contributed by atoms with E-state index in [9.17, 15) is 14.9 Å². The lowest BCUT2D eigenvalue weighted by Gasteiger charge is -2.08. The normalized spacial score (nSPS) is 10.3. The fourth-order valence-corrected chi connectivity index (χ4v) is 1.97. The summed E-state index contributed by atoms with van der Waals surface area (Å²) in [6.07, 6.45) is 1.34. The largest absolute Gasteiger partial charge is 0.389 e. The molecule has 0 aliphatic carbocycles. The van der Waals surface area contributed by atoms with Crippen LogP contribution in [-0.4, -0.2) is 20.6 Å². The highest BCUT2D eigenvalue weighted by atomic mass is 35.5. The highest BCUT2D eigenvalue weighted by Gasteiger charge is 2.15. The van der Waals surface area contributed by atoms with Crippen LogP contribution in [0.3, 0.4) is 0 Å². The summed E-state index contributed by atoms with van der Waals surface area (Å²) in [7, 11) is 0. The van der Waals surface area contributed by atoms with Gasteiger partial charge in [-0.15, -0.1) is 0 Å². The van der Waals surface area contributed by atoms with Crippen molar-refractivity contribution in [2.45, 2.75) is 6.54 Å². The Bertz CT molecular complexity index is 651. The molecule has 0 saturated heterocycles. The number of para-hydroxylation sites is 1. The van der Waals surface area contributed by atoms with Gasteiger partial charge in [-0.05, 0) is 17.1 Å². The number of halogens is 2. The lowest BCUT2D eigenvalue weighted by molar-refractivity contribution is -0.389. The average Bonchev–Trinajstić information content (AvgIpc) is 2.82. The van der Waals surface area contributed by atoms with Crippen LogP contribution >= 0.6 is 23.2 Å². The molecule has 0 radical (unpaired) electrons. The van der Waals surface area contributed by atoms with Gasteiger partial charge in [0.05, 0.1) is 33.1 Å². The van der Waals surface area contributed by atoms with Crippen molar-refractivity contribution in [1.82, 2.24) is 9.78 Å². The van der Waals surface area contributed by atoms with Gasteiger partial charge >= 0.3 is 5.82 Å². The molecule has 104 valence electrons. The molecule has 9 heteroatoms. The highest BCUT2D eigenvalue weighted by molar-refractivity contribution is 6.39. The SMILES string of the molecule is O=C(Cn1ccc([N+](=O)[O-])n1)Nc1c(Cl)cccc1Cl. The predicted octanol–water partition coefficient (Wildman–Crippen LogP) is 2.74. The number of hydrogen-bond donors (Lipinski definition) is 1. The molecular weight excluding hydrogens is 307 g/mol. The molecule has 0 aliphatic heterocycles. The number of rotatable bonds is 4. The number of benzene rings is 1. The monoisotopic (exact) mass is 314 g/mol. The number of amides is 1. The van der Waals surface area contributed by atoms with E-state index in [1.165, 1.54) is 12.3 Å². The quantitative estimate of drug-likeness (QED) is 0.694. The average molecular weight is 315 g/mol. The van der Waals surface area contributed by atoms with Gasteiger partial charge in [-0.1, -0.05) is 29.3 Å². The number of nitro groups is 1. The molecule has 0 bridgehead atoms. The fraction of sp³-hybridized carbons (Fsp3) is 0.0909. The number of aromatic nitrogens is 2. The molecule has 2 aromatic rings. The maximum absolute atomic E-state index is 11.8.